The fourth-order valence-corrected chi connectivity index (χ4v) is 3.41. The lowest BCUT2D eigenvalue weighted by atomic mass is 9.73. The van der Waals surface area contributed by atoms with Crippen LogP contribution in [0, 0.1) is 11.3 Å². The number of halogens is 2. The topological polar surface area (TPSA) is 24.9 Å². The molecule has 1 aliphatic carbocycles. The molecule has 4 heteroatoms. The van der Waals surface area contributed by atoms with Crippen LogP contribution in [0.3, 0.4) is 0 Å². The number of hydrogen-bond donors (Lipinski definition) is 1. The summed E-state index contributed by atoms with van der Waals surface area (Å²) in [6.07, 6.45) is 9.56. The first-order valence-corrected chi connectivity index (χ1v) is 8.22. The fourth-order valence-electron chi connectivity index (χ4n) is 2.86. The van der Waals surface area contributed by atoms with Gasteiger partial charge in [0.2, 0.25) is 0 Å². The second-order valence-corrected chi connectivity index (χ2v) is 7.46. The second-order valence-electron chi connectivity index (χ2n) is 6.64. The molecule has 0 radical (unpaired) electrons. The fraction of sp³-hybridized carbons (Fsp3) is 0.688. The maximum Gasteiger partial charge on any atom is 0.0636 e. The van der Waals surface area contributed by atoms with Crippen LogP contribution in [-0.4, -0.2) is 18.1 Å². The van der Waals surface area contributed by atoms with Crippen molar-refractivity contribution >= 4 is 23.2 Å². The summed E-state index contributed by atoms with van der Waals surface area (Å²) in [6, 6.07) is 0. The van der Waals surface area contributed by atoms with Crippen molar-refractivity contribution in [3.05, 3.63) is 28.0 Å². The van der Waals surface area contributed by atoms with Gasteiger partial charge in [-0.1, -0.05) is 37.0 Å². The summed E-state index contributed by atoms with van der Waals surface area (Å²) in [5, 5.41) is 4.88. The number of nitrogens with one attached hydrogen (secondary N) is 1. The van der Waals surface area contributed by atoms with Crippen molar-refractivity contribution in [2.24, 2.45) is 11.3 Å². The summed E-state index contributed by atoms with van der Waals surface area (Å²) < 4.78 is 0. The van der Waals surface area contributed by atoms with Crippen LogP contribution in [0.4, 0.5) is 0 Å². The second kappa shape index (κ2) is 7.11. The van der Waals surface area contributed by atoms with E-state index in [0.29, 0.717) is 15.5 Å². The van der Waals surface area contributed by atoms with Crippen molar-refractivity contribution in [2.75, 3.05) is 13.1 Å². The Balaban J connectivity index is 1.70. The molecule has 0 amide bonds. The van der Waals surface area contributed by atoms with Gasteiger partial charge in [-0.15, -0.1) is 0 Å². The molecule has 0 spiro atoms. The minimum absolute atomic E-state index is 0.550. The molecule has 1 aromatic heterocycles. The molecule has 1 fully saturated rings. The van der Waals surface area contributed by atoms with Gasteiger partial charge in [0.25, 0.3) is 0 Å². The van der Waals surface area contributed by atoms with Crippen LogP contribution in [0.1, 0.15) is 45.1 Å². The Hall–Kier alpha value is -0.310. The van der Waals surface area contributed by atoms with Gasteiger partial charge in [0.15, 0.2) is 0 Å². The maximum absolute atomic E-state index is 6.11. The number of pyridine rings is 1. The first kappa shape index (κ1) is 16.1. The molecule has 20 heavy (non-hydrogen) atoms. The van der Waals surface area contributed by atoms with Gasteiger partial charge in [0, 0.05) is 12.4 Å². The third-order valence-electron chi connectivity index (χ3n) is 4.40. The molecule has 0 atom stereocenters. The van der Waals surface area contributed by atoms with E-state index in [1.807, 2.05) is 0 Å². The zero-order valence-electron chi connectivity index (χ0n) is 12.4. The van der Waals surface area contributed by atoms with Gasteiger partial charge in [-0.05, 0) is 62.1 Å². The summed E-state index contributed by atoms with van der Waals surface area (Å²) in [5.74, 6) is 0.825. The van der Waals surface area contributed by atoms with Crippen LogP contribution >= 0.6 is 23.2 Å². The lowest BCUT2D eigenvalue weighted by Gasteiger charge is -2.34. The number of nitrogens with zero attached hydrogens (tertiary/aromatic N) is 1. The highest BCUT2D eigenvalue weighted by molar-refractivity contribution is 6.35. The largest absolute Gasteiger partial charge is 0.316 e. The highest BCUT2D eigenvalue weighted by Crippen LogP contribution is 2.37. The lowest BCUT2D eigenvalue weighted by molar-refractivity contribution is 0.189. The third kappa shape index (κ3) is 4.61. The molecule has 2 nitrogen and oxygen atoms in total. The zero-order chi connectivity index (χ0) is 14.6. The van der Waals surface area contributed by atoms with Crippen molar-refractivity contribution in [3.63, 3.8) is 0 Å². The molecular formula is C16H24Cl2N2. The third-order valence-corrected chi connectivity index (χ3v) is 5.05. The van der Waals surface area contributed by atoms with E-state index < -0.39 is 0 Å². The first-order valence-electron chi connectivity index (χ1n) is 7.46. The van der Waals surface area contributed by atoms with Crippen molar-refractivity contribution < 1.29 is 0 Å². The molecular weight excluding hydrogens is 291 g/mol. The van der Waals surface area contributed by atoms with Crippen molar-refractivity contribution in [1.82, 2.24) is 10.3 Å². The molecule has 0 unspecified atom stereocenters. The van der Waals surface area contributed by atoms with Crippen LogP contribution in [0.2, 0.25) is 10.0 Å². The number of rotatable bonds is 5. The molecule has 0 aliphatic heterocycles. The maximum atomic E-state index is 6.11. The highest BCUT2D eigenvalue weighted by atomic mass is 35.5. The van der Waals surface area contributed by atoms with E-state index >= 15 is 0 Å². The van der Waals surface area contributed by atoms with Crippen LogP contribution in [-0.2, 0) is 6.42 Å². The molecule has 112 valence electrons. The Morgan fingerprint density at radius 3 is 2.40 bits per heavy atom. The minimum Gasteiger partial charge on any atom is -0.316 e. The summed E-state index contributed by atoms with van der Waals surface area (Å²) in [7, 11) is 0. The number of hydrogen-bond acceptors (Lipinski definition) is 2. The molecule has 1 N–H and O–H groups in total. The normalized spacial score (nSPS) is 19.2. The Morgan fingerprint density at radius 2 is 1.80 bits per heavy atom. The van der Waals surface area contributed by atoms with Gasteiger partial charge in [-0.2, -0.15) is 0 Å². The van der Waals surface area contributed by atoms with Crippen molar-refractivity contribution in [2.45, 2.75) is 46.0 Å². The molecule has 2 rings (SSSR count). The van der Waals surface area contributed by atoms with Crippen LogP contribution in [0.5, 0.6) is 0 Å². The zero-order valence-corrected chi connectivity index (χ0v) is 13.9. The smallest absolute Gasteiger partial charge is 0.0636 e. The van der Waals surface area contributed by atoms with E-state index in [0.717, 1.165) is 31.0 Å². The summed E-state index contributed by atoms with van der Waals surface area (Å²) in [5.41, 5.74) is 1.55. The van der Waals surface area contributed by atoms with E-state index in [1.54, 1.807) is 12.4 Å². The van der Waals surface area contributed by atoms with Crippen LogP contribution < -0.4 is 5.32 Å². The Labute approximate surface area is 132 Å². The predicted molar refractivity (Wildman–Crippen MR) is 86.6 cm³/mol. The summed E-state index contributed by atoms with van der Waals surface area (Å²) in [4.78, 5) is 3.98. The monoisotopic (exact) mass is 314 g/mol. The standard InChI is InChI=1S/C16H24Cl2N2/c1-16(2)6-3-12(4-7-16)9-19-8-5-13-14(17)10-20-11-15(13)18/h10-12,19H,3-9H2,1-2H3. The van der Waals surface area contributed by atoms with Crippen LogP contribution in [0.15, 0.2) is 12.4 Å². The molecule has 1 aliphatic rings. The van der Waals surface area contributed by atoms with Gasteiger partial charge >= 0.3 is 0 Å². The van der Waals surface area contributed by atoms with Crippen LogP contribution in [0.25, 0.3) is 0 Å². The number of aromatic nitrogens is 1. The minimum atomic E-state index is 0.550. The Kier molecular flexibility index (Phi) is 5.71. The predicted octanol–water partition coefficient (Wildman–Crippen LogP) is 4.74. The quantitative estimate of drug-likeness (QED) is 0.794. The molecule has 1 heterocycles. The molecule has 0 aromatic carbocycles. The van der Waals surface area contributed by atoms with Gasteiger partial charge in [-0.25, -0.2) is 0 Å². The molecule has 0 saturated heterocycles. The van der Waals surface area contributed by atoms with Gasteiger partial charge in [0.05, 0.1) is 10.0 Å². The van der Waals surface area contributed by atoms with Gasteiger partial charge in [-0.3, -0.25) is 4.98 Å². The van der Waals surface area contributed by atoms with Gasteiger partial charge < -0.3 is 5.32 Å². The molecule has 0 bridgehead atoms. The average molecular weight is 315 g/mol. The van der Waals surface area contributed by atoms with E-state index in [9.17, 15) is 0 Å². The van der Waals surface area contributed by atoms with E-state index in [-0.39, 0.29) is 0 Å². The molecule has 1 saturated carbocycles. The Bertz CT molecular complexity index is 416. The average Bonchev–Trinajstić information content (AvgIpc) is 2.39. The lowest BCUT2D eigenvalue weighted by Crippen LogP contribution is -2.30. The summed E-state index contributed by atoms with van der Waals surface area (Å²) in [6.45, 7) is 6.79. The van der Waals surface area contributed by atoms with E-state index in [4.69, 9.17) is 23.2 Å². The van der Waals surface area contributed by atoms with Crippen molar-refractivity contribution in [3.8, 4) is 0 Å². The van der Waals surface area contributed by atoms with Gasteiger partial charge in [0.1, 0.15) is 0 Å². The van der Waals surface area contributed by atoms with E-state index in [1.165, 1.54) is 25.7 Å². The highest BCUT2D eigenvalue weighted by Gasteiger charge is 2.26. The van der Waals surface area contributed by atoms with E-state index in [2.05, 4.69) is 24.1 Å². The molecule has 1 aromatic rings. The summed E-state index contributed by atoms with van der Waals surface area (Å²) >= 11 is 12.2. The Morgan fingerprint density at radius 1 is 1.20 bits per heavy atom. The van der Waals surface area contributed by atoms with Crippen molar-refractivity contribution in [1.29, 1.82) is 0 Å². The SMILES string of the molecule is CC1(C)CCC(CNCCc2c(Cl)cncc2Cl)CC1. The first-order chi connectivity index (χ1) is 9.48.